The summed E-state index contributed by atoms with van der Waals surface area (Å²) in [6, 6.07) is 4.82. The van der Waals surface area contributed by atoms with Crippen LogP contribution in [0.4, 0.5) is 0 Å². The minimum absolute atomic E-state index is 0.453. The van der Waals surface area contributed by atoms with E-state index < -0.39 is 21.2 Å². The Kier molecular flexibility index (Phi) is 4.59. The number of hydrogen-bond donors (Lipinski definition) is 1. The number of ether oxygens (including phenoxy) is 2. The lowest BCUT2D eigenvalue weighted by Crippen LogP contribution is -2.24. The molecule has 102 valence electrons. The Labute approximate surface area is 107 Å². The van der Waals surface area contributed by atoms with Gasteiger partial charge >= 0.3 is 0 Å². The standard InChI is InChI=1S/C12H18O5S/c1-8(18(4,14)15)12(13)9-5-6-10(16-2)11(7-9)17-3/h5-8,12-13H,1-4H3. The van der Waals surface area contributed by atoms with E-state index >= 15 is 0 Å². The highest BCUT2D eigenvalue weighted by Crippen LogP contribution is 2.31. The van der Waals surface area contributed by atoms with Gasteiger partial charge in [-0.05, 0) is 24.6 Å². The SMILES string of the molecule is COc1ccc(C(O)C(C)S(C)(=O)=O)cc1OC. The van der Waals surface area contributed by atoms with Gasteiger partial charge in [-0.15, -0.1) is 0 Å². The molecular formula is C12H18O5S. The van der Waals surface area contributed by atoms with Gasteiger partial charge in [0.15, 0.2) is 21.3 Å². The number of rotatable bonds is 5. The van der Waals surface area contributed by atoms with Gasteiger partial charge in [-0.2, -0.15) is 0 Å². The van der Waals surface area contributed by atoms with Crippen molar-refractivity contribution < 1.29 is 23.0 Å². The van der Waals surface area contributed by atoms with Crippen LogP contribution in [-0.4, -0.2) is 39.2 Å². The van der Waals surface area contributed by atoms with Crippen molar-refractivity contribution in [2.75, 3.05) is 20.5 Å². The molecule has 1 aromatic rings. The number of hydrogen-bond acceptors (Lipinski definition) is 5. The third-order valence-corrected chi connectivity index (χ3v) is 4.48. The Morgan fingerprint density at radius 3 is 2.17 bits per heavy atom. The van der Waals surface area contributed by atoms with Gasteiger partial charge in [-0.1, -0.05) is 6.07 Å². The van der Waals surface area contributed by atoms with Crippen molar-refractivity contribution in [1.82, 2.24) is 0 Å². The smallest absolute Gasteiger partial charge is 0.161 e. The quantitative estimate of drug-likeness (QED) is 0.872. The third-order valence-electron chi connectivity index (χ3n) is 2.87. The fourth-order valence-corrected chi connectivity index (χ4v) is 2.17. The molecule has 0 heterocycles. The van der Waals surface area contributed by atoms with Gasteiger partial charge < -0.3 is 14.6 Å². The van der Waals surface area contributed by atoms with Crippen LogP contribution in [0.15, 0.2) is 18.2 Å². The van der Waals surface area contributed by atoms with Crippen LogP contribution in [0.1, 0.15) is 18.6 Å². The first-order valence-corrected chi connectivity index (χ1v) is 7.35. The molecule has 0 saturated heterocycles. The maximum atomic E-state index is 11.4. The van der Waals surface area contributed by atoms with Crippen molar-refractivity contribution in [2.45, 2.75) is 18.3 Å². The lowest BCUT2D eigenvalue weighted by molar-refractivity contribution is 0.175. The summed E-state index contributed by atoms with van der Waals surface area (Å²) in [6.45, 7) is 1.47. The fraction of sp³-hybridized carbons (Fsp3) is 0.500. The first kappa shape index (κ1) is 14.8. The second-order valence-electron chi connectivity index (χ2n) is 4.09. The van der Waals surface area contributed by atoms with Crippen LogP contribution in [0, 0.1) is 0 Å². The average molecular weight is 274 g/mol. The Morgan fingerprint density at radius 2 is 1.72 bits per heavy atom. The Balaban J connectivity index is 3.11. The van der Waals surface area contributed by atoms with Gasteiger partial charge in [-0.25, -0.2) is 8.42 Å². The molecule has 0 aliphatic carbocycles. The summed E-state index contributed by atoms with van der Waals surface area (Å²) in [7, 11) is -0.320. The van der Waals surface area contributed by atoms with Crippen LogP contribution in [0.3, 0.4) is 0 Å². The molecule has 0 saturated carbocycles. The van der Waals surface area contributed by atoms with E-state index in [0.29, 0.717) is 17.1 Å². The van der Waals surface area contributed by atoms with E-state index in [1.165, 1.54) is 21.1 Å². The zero-order valence-electron chi connectivity index (χ0n) is 10.9. The Bertz CT molecular complexity index is 509. The Hall–Kier alpha value is -1.27. The molecule has 1 N–H and O–H groups in total. The van der Waals surface area contributed by atoms with Crippen molar-refractivity contribution in [3.63, 3.8) is 0 Å². The summed E-state index contributed by atoms with van der Waals surface area (Å²) in [5, 5.41) is 9.15. The molecule has 1 rings (SSSR count). The maximum Gasteiger partial charge on any atom is 0.161 e. The second kappa shape index (κ2) is 5.58. The van der Waals surface area contributed by atoms with E-state index in [9.17, 15) is 13.5 Å². The molecule has 0 aliphatic heterocycles. The minimum Gasteiger partial charge on any atom is -0.493 e. The molecular weight excluding hydrogens is 256 g/mol. The van der Waals surface area contributed by atoms with Crippen LogP contribution in [-0.2, 0) is 9.84 Å². The number of benzene rings is 1. The molecule has 0 bridgehead atoms. The molecule has 0 aromatic heterocycles. The van der Waals surface area contributed by atoms with Crippen LogP contribution >= 0.6 is 0 Å². The van der Waals surface area contributed by atoms with E-state index in [1.54, 1.807) is 18.2 Å². The van der Waals surface area contributed by atoms with E-state index in [4.69, 9.17) is 9.47 Å². The maximum absolute atomic E-state index is 11.4. The van der Waals surface area contributed by atoms with Crippen molar-refractivity contribution in [2.24, 2.45) is 0 Å². The molecule has 6 heteroatoms. The predicted octanol–water partition coefficient (Wildman–Crippen LogP) is 1.17. The lowest BCUT2D eigenvalue weighted by Gasteiger charge is -2.18. The summed E-state index contributed by atoms with van der Waals surface area (Å²) in [5.41, 5.74) is 0.477. The molecule has 18 heavy (non-hydrogen) atoms. The molecule has 0 aliphatic rings. The summed E-state index contributed by atoms with van der Waals surface area (Å²) in [5.74, 6) is 0.982. The molecule has 0 amide bonds. The van der Waals surface area contributed by atoms with Crippen molar-refractivity contribution in [3.05, 3.63) is 23.8 Å². The summed E-state index contributed by atoms with van der Waals surface area (Å²) in [6.07, 6.45) is 0.00145. The summed E-state index contributed by atoms with van der Waals surface area (Å²) < 4.78 is 33.0. The van der Waals surface area contributed by atoms with Crippen LogP contribution < -0.4 is 9.47 Å². The largest absolute Gasteiger partial charge is 0.493 e. The zero-order chi connectivity index (χ0) is 13.9. The van der Waals surface area contributed by atoms with Crippen molar-refractivity contribution >= 4 is 9.84 Å². The Morgan fingerprint density at radius 1 is 1.17 bits per heavy atom. The normalized spacial score (nSPS) is 14.9. The molecule has 0 fully saturated rings. The van der Waals surface area contributed by atoms with Gasteiger partial charge in [0.2, 0.25) is 0 Å². The zero-order valence-corrected chi connectivity index (χ0v) is 11.7. The molecule has 1 aromatic carbocycles. The van der Waals surface area contributed by atoms with Crippen molar-refractivity contribution in [1.29, 1.82) is 0 Å². The summed E-state index contributed by atoms with van der Waals surface area (Å²) in [4.78, 5) is 0. The fourth-order valence-electron chi connectivity index (χ4n) is 1.54. The number of aliphatic hydroxyl groups is 1. The first-order chi connectivity index (χ1) is 8.31. The van der Waals surface area contributed by atoms with Gasteiger partial charge in [-0.3, -0.25) is 0 Å². The highest BCUT2D eigenvalue weighted by molar-refractivity contribution is 7.91. The summed E-state index contributed by atoms with van der Waals surface area (Å²) >= 11 is 0. The van der Waals surface area contributed by atoms with Gasteiger partial charge in [0.25, 0.3) is 0 Å². The molecule has 2 unspecified atom stereocenters. The number of methoxy groups -OCH3 is 2. The predicted molar refractivity (Wildman–Crippen MR) is 68.8 cm³/mol. The van der Waals surface area contributed by atoms with Gasteiger partial charge in [0, 0.05) is 6.26 Å². The second-order valence-corrected chi connectivity index (χ2v) is 6.50. The molecule has 0 radical (unpaired) electrons. The van der Waals surface area contributed by atoms with Crippen molar-refractivity contribution in [3.8, 4) is 11.5 Å². The lowest BCUT2D eigenvalue weighted by atomic mass is 10.1. The highest BCUT2D eigenvalue weighted by atomic mass is 32.2. The topological polar surface area (TPSA) is 72.8 Å². The van der Waals surface area contributed by atoms with E-state index in [2.05, 4.69) is 0 Å². The highest BCUT2D eigenvalue weighted by Gasteiger charge is 2.26. The van der Waals surface area contributed by atoms with Gasteiger partial charge in [0.05, 0.1) is 25.6 Å². The van der Waals surface area contributed by atoms with Crippen LogP contribution in [0.2, 0.25) is 0 Å². The van der Waals surface area contributed by atoms with Crippen LogP contribution in [0.5, 0.6) is 11.5 Å². The first-order valence-electron chi connectivity index (χ1n) is 5.40. The third kappa shape index (κ3) is 3.14. The monoisotopic (exact) mass is 274 g/mol. The van der Waals surface area contributed by atoms with Crippen LogP contribution in [0.25, 0.3) is 0 Å². The van der Waals surface area contributed by atoms with E-state index in [-0.39, 0.29) is 0 Å². The molecule has 0 spiro atoms. The van der Waals surface area contributed by atoms with Gasteiger partial charge in [0.1, 0.15) is 0 Å². The molecule has 2 atom stereocenters. The average Bonchev–Trinajstić information content (AvgIpc) is 2.34. The van der Waals surface area contributed by atoms with E-state index in [1.807, 2.05) is 0 Å². The van der Waals surface area contributed by atoms with E-state index in [0.717, 1.165) is 6.26 Å². The number of aliphatic hydroxyl groups excluding tert-OH is 1. The number of sulfone groups is 1. The minimum atomic E-state index is -3.31. The molecule has 5 nitrogen and oxygen atoms in total.